The smallest absolute Gasteiger partial charge is 0.250 e. The molecule has 0 saturated heterocycles. The van der Waals surface area contributed by atoms with Crippen LogP contribution in [0.5, 0.6) is 0 Å². The molecule has 1 N–H and O–H groups in total. The van der Waals surface area contributed by atoms with E-state index in [0.29, 0.717) is 5.82 Å². The zero-order chi connectivity index (χ0) is 18.1. The fraction of sp³-hybridized carbons (Fsp3) is 0.158. The van der Waals surface area contributed by atoms with Gasteiger partial charge in [-0.3, -0.25) is 9.20 Å². The summed E-state index contributed by atoms with van der Waals surface area (Å²) in [6, 6.07) is 13.3. The number of hydrogen-bond acceptors (Lipinski definition) is 4. The van der Waals surface area contributed by atoms with Crippen LogP contribution in [0.3, 0.4) is 0 Å². The lowest BCUT2D eigenvalue weighted by Gasteiger charge is -2.13. The van der Waals surface area contributed by atoms with Gasteiger partial charge in [-0.1, -0.05) is 36.4 Å². The first-order chi connectivity index (χ1) is 12.6. The first-order valence-electron chi connectivity index (χ1n) is 8.33. The maximum Gasteiger partial charge on any atom is 0.250 e. The predicted octanol–water partition coefficient (Wildman–Crippen LogP) is 3.10. The molecule has 0 aliphatic rings. The van der Waals surface area contributed by atoms with Crippen molar-refractivity contribution in [3.05, 3.63) is 66.9 Å². The van der Waals surface area contributed by atoms with Crippen molar-refractivity contribution in [1.82, 2.24) is 24.1 Å². The Morgan fingerprint density at radius 1 is 1.15 bits per heavy atom. The van der Waals surface area contributed by atoms with Crippen LogP contribution >= 0.6 is 0 Å². The van der Waals surface area contributed by atoms with Crippen LogP contribution in [0.15, 0.2) is 61.3 Å². The van der Waals surface area contributed by atoms with Crippen molar-refractivity contribution in [1.29, 1.82) is 0 Å². The molecule has 7 heteroatoms. The van der Waals surface area contributed by atoms with E-state index in [1.807, 2.05) is 60.0 Å². The normalized spacial score (nSPS) is 12.2. The van der Waals surface area contributed by atoms with Gasteiger partial charge in [-0.25, -0.2) is 14.6 Å². The summed E-state index contributed by atoms with van der Waals surface area (Å²) >= 11 is 0. The fourth-order valence-corrected chi connectivity index (χ4v) is 2.88. The predicted molar refractivity (Wildman–Crippen MR) is 98.7 cm³/mol. The highest BCUT2D eigenvalue weighted by atomic mass is 16.2. The van der Waals surface area contributed by atoms with E-state index in [-0.39, 0.29) is 5.91 Å². The Bertz CT molecular complexity index is 1050. The number of benzene rings is 1. The number of aryl methyl sites for hydroxylation is 1. The van der Waals surface area contributed by atoms with Gasteiger partial charge in [-0.05, 0) is 25.5 Å². The summed E-state index contributed by atoms with van der Waals surface area (Å²) in [5.74, 6) is 0.461. The number of imidazole rings is 1. The van der Waals surface area contributed by atoms with Crippen molar-refractivity contribution in [3.63, 3.8) is 0 Å². The molecule has 1 atom stereocenters. The van der Waals surface area contributed by atoms with E-state index in [4.69, 9.17) is 4.98 Å². The Labute approximate surface area is 150 Å². The summed E-state index contributed by atoms with van der Waals surface area (Å²) < 4.78 is 3.43. The molecule has 4 rings (SSSR count). The Morgan fingerprint density at radius 2 is 1.96 bits per heavy atom. The molecule has 0 radical (unpaired) electrons. The number of rotatable bonds is 4. The lowest BCUT2D eigenvalue weighted by molar-refractivity contribution is -0.119. The number of fused-ring (bicyclic) bond motifs is 1. The van der Waals surface area contributed by atoms with Crippen molar-refractivity contribution in [2.45, 2.75) is 19.9 Å². The molecule has 0 saturated carbocycles. The van der Waals surface area contributed by atoms with Crippen molar-refractivity contribution < 1.29 is 4.79 Å². The van der Waals surface area contributed by atoms with Crippen LogP contribution in [0.25, 0.3) is 16.9 Å². The van der Waals surface area contributed by atoms with Crippen molar-refractivity contribution in [2.75, 3.05) is 5.32 Å². The van der Waals surface area contributed by atoms with E-state index >= 15 is 0 Å². The third-order valence-electron chi connectivity index (χ3n) is 4.35. The Kier molecular flexibility index (Phi) is 3.96. The summed E-state index contributed by atoms with van der Waals surface area (Å²) in [7, 11) is 0. The van der Waals surface area contributed by atoms with Crippen LogP contribution in [0.4, 0.5) is 5.82 Å². The second kappa shape index (κ2) is 6.44. The SMILES string of the molecule is Cc1cccn2c(NC(=O)C(C)n3cncn3)c(-c3ccccc3)nc12. The molecule has 0 fully saturated rings. The second-order valence-electron chi connectivity index (χ2n) is 6.10. The van der Waals surface area contributed by atoms with E-state index < -0.39 is 6.04 Å². The Morgan fingerprint density at radius 3 is 2.69 bits per heavy atom. The molecule has 4 aromatic rings. The topological polar surface area (TPSA) is 77.1 Å². The Balaban J connectivity index is 1.80. The molecule has 1 amide bonds. The molecule has 1 aromatic carbocycles. The van der Waals surface area contributed by atoms with Gasteiger partial charge < -0.3 is 5.32 Å². The molecule has 0 aliphatic heterocycles. The summed E-state index contributed by atoms with van der Waals surface area (Å²) in [6.07, 6.45) is 4.84. The number of amides is 1. The molecule has 3 heterocycles. The van der Waals surface area contributed by atoms with Crippen LogP contribution in [0, 0.1) is 6.92 Å². The van der Waals surface area contributed by atoms with Crippen LogP contribution in [-0.4, -0.2) is 30.1 Å². The lowest BCUT2D eigenvalue weighted by atomic mass is 10.1. The van der Waals surface area contributed by atoms with Gasteiger partial charge in [0, 0.05) is 11.8 Å². The summed E-state index contributed by atoms with van der Waals surface area (Å²) in [5, 5.41) is 7.07. The lowest BCUT2D eigenvalue weighted by Crippen LogP contribution is -2.25. The number of nitrogens with one attached hydrogen (secondary N) is 1. The standard InChI is InChI=1S/C19H18N6O/c1-13-7-6-10-24-17(13)22-16(15-8-4-3-5-9-15)18(24)23-19(26)14(2)25-12-20-11-21-25/h3-12,14H,1-2H3,(H,23,26). The van der Waals surface area contributed by atoms with Crippen LogP contribution in [0.2, 0.25) is 0 Å². The molecule has 0 spiro atoms. The number of aromatic nitrogens is 5. The molecule has 0 aliphatic carbocycles. The number of hydrogen-bond donors (Lipinski definition) is 1. The first kappa shape index (κ1) is 16.0. The van der Waals surface area contributed by atoms with Crippen molar-refractivity contribution in [3.8, 4) is 11.3 Å². The van der Waals surface area contributed by atoms with Crippen molar-refractivity contribution >= 4 is 17.4 Å². The van der Waals surface area contributed by atoms with Gasteiger partial charge in [-0.15, -0.1) is 0 Å². The fourth-order valence-electron chi connectivity index (χ4n) is 2.88. The van der Waals surface area contributed by atoms with Gasteiger partial charge in [0.2, 0.25) is 5.91 Å². The molecular weight excluding hydrogens is 328 g/mol. The molecule has 1 unspecified atom stereocenters. The molecule has 3 aromatic heterocycles. The number of carbonyl (C=O) groups excluding carboxylic acids is 1. The van der Waals surface area contributed by atoms with Gasteiger partial charge in [0.15, 0.2) is 0 Å². The van der Waals surface area contributed by atoms with Crippen LogP contribution in [-0.2, 0) is 4.79 Å². The summed E-state index contributed by atoms with van der Waals surface area (Å²) in [5.41, 5.74) is 3.53. The van der Waals surface area contributed by atoms with Crippen LogP contribution < -0.4 is 5.32 Å². The number of pyridine rings is 1. The van der Waals surface area contributed by atoms with E-state index in [0.717, 1.165) is 22.5 Å². The maximum absolute atomic E-state index is 12.8. The maximum atomic E-state index is 12.8. The minimum absolute atomic E-state index is 0.184. The van der Waals surface area contributed by atoms with Crippen LogP contribution in [0.1, 0.15) is 18.5 Å². The molecular formula is C19H18N6O. The zero-order valence-electron chi connectivity index (χ0n) is 14.5. The monoisotopic (exact) mass is 346 g/mol. The summed E-state index contributed by atoms with van der Waals surface area (Å²) in [4.78, 5) is 21.5. The first-order valence-corrected chi connectivity index (χ1v) is 8.33. The van der Waals surface area contributed by atoms with Gasteiger partial charge in [-0.2, -0.15) is 5.10 Å². The number of carbonyl (C=O) groups is 1. The van der Waals surface area contributed by atoms with Gasteiger partial charge in [0.1, 0.15) is 35.9 Å². The zero-order valence-corrected chi connectivity index (χ0v) is 14.5. The Hall–Kier alpha value is -3.48. The minimum Gasteiger partial charge on any atom is -0.308 e. The highest BCUT2D eigenvalue weighted by Crippen LogP contribution is 2.30. The van der Waals surface area contributed by atoms with E-state index in [1.165, 1.54) is 17.3 Å². The minimum atomic E-state index is -0.489. The quantitative estimate of drug-likeness (QED) is 0.616. The van der Waals surface area contributed by atoms with E-state index in [2.05, 4.69) is 15.4 Å². The van der Waals surface area contributed by atoms with Gasteiger partial charge >= 0.3 is 0 Å². The largest absolute Gasteiger partial charge is 0.308 e. The van der Waals surface area contributed by atoms with Gasteiger partial charge in [0.05, 0.1) is 0 Å². The average molecular weight is 346 g/mol. The molecule has 130 valence electrons. The van der Waals surface area contributed by atoms with E-state index in [1.54, 1.807) is 6.92 Å². The van der Waals surface area contributed by atoms with Crippen molar-refractivity contribution in [2.24, 2.45) is 0 Å². The van der Waals surface area contributed by atoms with E-state index in [9.17, 15) is 4.79 Å². The molecule has 0 bridgehead atoms. The third-order valence-corrected chi connectivity index (χ3v) is 4.35. The number of nitrogens with zero attached hydrogens (tertiary/aromatic N) is 5. The average Bonchev–Trinajstić information content (AvgIpc) is 3.31. The second-order valence-corrected chi connectivity index (χ2v) is 6.10. The summed E-state index contributed by atoms with van der Waals surface area (Å²) in [6.45, 7) is 3.78. The molecule has 26 heavy (non-hydrogen) atoms. The van der Waals surface area contributed by atoms with Gasteiger partial charge in [0.25, 0.3) is 0 Å². The molecule has 7 nitrogen and oxygen atoms in total. The highest BCUT2D eigenvalue weighted by molar-refractivity contribution is 5.96. The number of anilines is 1. The third kappa shape index (κ3) is 2.73. The highest BCUT2D eigenvalue weighted by Gasteiger charge is 2.21.